The average molecular weight is 386 g/mol. The quantitative estimate of drug-likeness (QED) is 0.730. The molecule has 148 valence electrons. The number of nitrogens with zero attached hydrogens (tertiary/aromatic N) is 3. The molecule has 4 rings (SSSR count). The van der Waals surface area contributed by atoms with Gasteiger partial charge < -0.3 is 20.9 Å². The van der Waals surface area contributed by atoms with E-state index in [2.05, 4.69) is 30.8 Å². The van der Waals surface area contributed by atoms with Crippen molar-refractivity contribution in [2.24, 2.45) is 0 Å². The van der Waals surface area contributed by atoms with Crippen LogP contribution in [0.5, 0.6) is 0 Å². The highest BCUT2D eigenvalue weighted by atomic mass is 19.3. The first kappa shape index (κ1) is 18.6. The van der Waals surface area contributed by atoms with E-state index in [1.54, 1.807) is 19.3 Å². The lowest BCUT2D eigenvalue weighted by molar-refractivity contribution is 0.170. The fourth-order valence-electron chi connectivity index (χ4n) is 3.71. The number of alkyl halides is 2. The van der Waals surface area contributed by atoms with Crippen molar-refractivity contribution in [3.63, 3.8) is 0 Å². The average Bonchev–Trinajstić information content (AvgIpc) is 2.72. The highest BCUT2D eigenvalue weighted by molar-refractivity contribution is 5.74. The van der Waals surface area contributed by atoms with Crippen LogP contribution in [0.25, 0.3) is 11.0 Å². The maximum absolute atomic E-state index is 13.9. The molecule has 0 saturated carbocycles. The van der Waals surface area contributed by atoms with Gasteiger partial charge in [0.15, 0.2) is 0 Å². The van der Waals surface area contributed by atoms with Crippen LogP contribution in [-0.4, -0.2) is 53.5 Å². The van der Waals surface area contributed by atoms with Crippen LogP contribution in [0.15, 0.2) is 53.8 Å². The molecule has 2 aliphatic rings. The lowest BCUT2D eigenvalue weighted by Gasteiger charge is -2.38. The summed E-state index contributed by atoms with van der Waals surface area (Å²) in [6.45, 7) is 5.29. The monoisotopic (exact) mass is 386 g/mol. The summed E-state index contributed by atoms with van der Waals surface area (Å²) in [6, 6.07) is 5.47. The SMILES string of the molecule is CC1NC=C(NCc2ccc3nccnc3c2)C(N2CCNCC2)=C1C(F)F. The standard InChI is InChI=1S/C20H24F2N6/c1-13-18(20(21)22)19(28-8-6-23-7-9-28)17(12-26-13)27-11-14-2-3-15-16(10-14)25-5-4-24-15/h2-5,10,12-13,20,23,26-27H,6-9,11H2,1H3. The van der Waals surface area contributed by atoms with Gasteiger partial charge in [0, 0.05) is 56.9 Å². The molecule has 2 aromatic rings. The van der Waals surface area contributed by atoms with Crippen molar-refractivity contribution < 1.29 is 8.78 Å². The third-order valence-corrected chi connectivity index (χ3v) is 5.16. The number of piperazine rings is 1. The second-order valence-electron chi connectivity index (χ2n) is 7.02. The molecule has 1 atom stereocenters. The molecular weight excluding hydrogens is 362 g/mol. The molecular formula is C20H24F2N6. The van der Waals surface area contributed by atoms with E-state index in [0.717, 1.165) is 29.7 Å². The topological polar surface area (TPSA) is 65.1 Å². The number of dihydropyridines is 1. The van der Waals surface area contributed by atoms with E-state index in [-0.39, 0.29) is 5.57 Å². The molecule has 6 nitrogen and oxygen atoms in total. The van der Waals surface area contributed by atoms with Crippen molar-refractivity contribution in [3.05, 3.63) is 59.3 Å². The Morgan fingerprint density at radius 3 is 2.68 bits per heavy atom. The number of fused-ring (bicyclic) bond motifs is 1. The van der Waals surface area contributed by atoms with E-state index in [1.165, 1.54) is 0 Å². The van der Waals surface area contributed by atoms with Crippen molar-refractivity contribution >= 4 is 11.0 Å². The zero-order chi connectivity index (χ0) is 19.5. The minimum Gasteiger partial charge on any atom is -0.383 e. The second kappa shape index (κ2) is 8.10. The number of rotatable bonds is 5. The highest BCUT2D eigenvalue weighted by Crippen LogP contribution is 2.29. The maximum atomic E-state index is 13.9. The zero-order valence-electron chi connectivity index (χ0n) is 15.8. The van der Waals surface area contributed by atoms with Gasteiger partial charge in [-0.3, -0.25) is 9.97 Å². The zero-order valence-corrected chi connectivity index (χ0v) is 15.8. The Bertz CT molecular complexity index is 904. The van der Waals surface area contributed by atoms with E-state index in [1.807, 2.05) is 24.4 Å². The second-order valence-corrected chi connectivity index (χ2v) is 7.02. The Morgan fingerprint density at radius 1 is 1.18 bits per heavy atom. The summed E-state index contributed by atoms with van der Waals surface area (Å²) in [7, 11) is 0. The molecule has 8 heteroatoms. The summed E-state index contributed by atoms with van der Waals surface area (Å²) in [6.07, 6.45) is 2.63. The van der Waals surface area contributed by atoms with Crippen molar-refractivity contribution in [1.82, 2.24) is 30.8 Å². The van der Waals surface area contributed by atoms with E-state index >= 15 is 0 Å². The van der Waals surface area contributed by atoms with Gasteiger partial charge in [-0.05, 0) is 24.6 Å². The summed E-state index contributed by atoms with van der Waals surface area (Å²) in [5.74, 6) is 0. The van der Waals surface area contributed by atoms with E-state index in [4.69, 9.17) is 0 Å². The fraction of sp³-hybridized carbons (Fsp3) is 0.400. The lowest BCUT2D eigenvalue weighted by Crippen LogP contribution is -2.47. The van der Waals surface area contributed by atoms with Crippen LogP contribution in [0.1, 0.15) is 12.5 Å². The predicted molar refractivity (Wildman–Crippen MR) is 105 cm³/mol. The minimum absolute atomic E-state index is 0.149. The highest BCUT2D eigenvalue weighted by Gasteiger charge is 2.31. The summed E-state index contributed by atoms with van der Waals surface area (Å²) in [5, 5.41) is 9.70. The molecule has 1 aromatic heterocycles. The number of aromatic nitrogens is 2. The van der Waals surface area contributed by atoms with Gasteiger partial charge >= 0.3 is 0 Å². The van der Waals surface area contributed by atoms with Gasteiger partial charge in [-0.25, -0.2) is 8.78 Å². The molecule has 28 heavy (non-hydrogen) atoms. The first-order valence-corrected chi connectivity index (χ1v) is 9.51. The van der Waals surface area contributed by atoms with Crippen molar-refractivity contribution in [1.29, 1.82) is 0 Å². The Balaban J connectivity index is 1.59. The molecule has 0 aliphatic carbocycles. The first-order chi connectivity index (χ1) is 13.6. The van der Waals surface area contributed by atoms with Crippen LogP contribution in [0.4, 0.5) is 8.78 Å². The molecule has 0 bridgehead atoms. The third kappa shape index (κ3) is 3.77. The normalized spacial score (nSPS) is 20.4. The van der Waals surface area contributed by atoms with E-state index in [0.29, 0.717) is 31.0 Å². The molecule has 0 spiro atoms. The molecule has 0 amide bonds. The Kier molecular flexibility index (Phi) is 5.38. The molecule has 1 unspecified atom stereocenters. The number of hydrogen-bond acceptors (Lipinski definition) is 6. The Labute approximate surface area is 162 Å². The van der Waals surface area contributed by atoms with Gasteiger partial charge in [0.05, 0.1) is 28.5 Å². The third-order valence-electron chi connectivity index (χ3n) is 5.16. The molecule has 2 aliphatic heterocycles. The van der Waals surface area contributed by atoms with Crippen LogP contribution in [0.3, 0.4) is 0 Å². The van der Waals surface area contributed by atoms with Crippen molar-refractivity contribution in [2.45, 2.75) is 25.9 Å². The smallest absolute Gasteiger partial charge is 0.264 e. The number of benzene rings is 1. The van der Waals surface area contributed by atoms with Crippen molar-refractivity contribution in [2.75, 3.05) is 26.2 Å². The Hall–Kier alpha value is -2.74. The number of hydrogen-bond donors (Lipinski definition) is 3. The van der Waals surface area contributed by atoms with Crippen LogP contribution >= 0.6 is 0 Å². The lowest BCUT2D eigenvalue weighted by atomic mass is 10.00. The van der Waals surface area contributed by atoms with E-state index in [9.17, 15) is 8.78 Å². The minimum atomic E-state index is -2.51. The van der Waals surface area contributed by atoms with Crippen LogP contribution < -0.4 is 16.0 Å². The largest absolute Gasteiger partial charge is 0.383 e. The van der Waals surface area contributed by atoms with Gasteiger partial charge in [0.1, 0.15) is 0 Å². The van der Waals surface area contributed by atoms with Gasteiger partial charge in [0.25, 0.3) is 6.43 Å². The summed E-state index contributed by atoms with van der Waals surface area (Å²) in [5.41, 5.74) is 4.15. The van der Waals surface area contributed by atoms with Crippen LogP contribution in [-0.2, 0) is 6.54 Å². The fourth-order valence-corrected chi connectivity index (χ4v) is 3.71. The van der Waals surface area contributed by atoms with Crippen LogP contribution in [0, 0.1) is 0 Å². The molecule has 1 fully saturated rings. The van der Waals surface area contributed by atoms with Gasteiger partial charge in [-0.2, -0.15) is 0 Å². The predicted octanol–water partition coefficient (Wildman–Crippen LogP) is 1.98. The molecule has 1 aromatic carbocycles. The van der Waals surface area contributed by atoms with Crippen molar-refractivity contribution in [3.8, 4) is 0 Å². The summed E-state index contributed by atoms with van der Waals surface area (Å²) >= 11 is 0. The summed E-state index contributed by atoms with van der Waals surface area (Å²) in [4.78, 5) is 10.7. The first-order valence-electron chi connectivity index (χ1n) is 9.51. The maximum Gasteiger partial charge on any atom is 0.264 e. The van der Waals surface area contributed by atoms with Gasteiger partial charge in [0.2, 0.25) is 0 Å². The Morgan fingerprint density at radius 2 is 1.93 bits per heavy atom. The van der Waals surface area contributed by atoms with Crippen LogP contribution in [0.2, 0.25) is 0 Å². The molecule has 1 saturated heterocycles. The molecule has 3 heterocycles. The number of halogens is 2. The van der Waals surface area contributed by atoms with Gasteiger partial charge in [-0.15, -0.1) is 0 Å². The molecule has 3 N–H and O–H groups in total. The summed E-state index contributed by atoms with van der Waals surface area (Å²) < 4.78 is 27.8. The number of nitrogens with one attached hydrogen (secondary N) is 3. The van der Waals surface area contributed by atoms with Gasteiger partial charge in [-0.1, -0.05) is 6.07 Å². The van der Waals surface area contributed by atoms with E-state index < -0.39 is 12.5 Å². The molecule has 0 radical (unpaired) electrons.